The first-order valence-corrected chi connectivity index (χ1v) is 39.6. The first-order valence-electron chi connectivity index (χ1n) is 36.2. The number of morpholine rings is 1. The van der Waals surface area contributed by atoms with E-state index in [1.807, 2.05) is 87.2 Å². The van der Waals surface area contributed by atoms with Crippen LogP contribution in [0.25, 0.3) is 0 Å². The SMILES string of the molecule is C/C=C/C[C@@H](C)[C@@H](O[Si](C)(C)C)[C@H]1C(=O)N[C@@H](CC)C(=O)N(C)[C@H](C)C(=O)N(C)[C@@H]([C@@H](C)OCCCCN2CCOCC2)C(=O)N[C@@H](C(C)C)C(=O)N(C)[C@@H](CC(C)C)C(=O)N[C@@H](C)C(=O)N[C@H](C)C(=O)N(C)[C@@H](CC(C)C)C(=O)N(C)[C@@H](CC(C)C)C(=O)N(C)[C@@H](C(C)C)C(=O)N1C. The number of ether oxygens (including phenoxy) is 2. The van der Waals surface area contributed by atoms with Crippen LogP contribution in [0.2, 0.25) is 19.6 Å². The molecular formula is C72H132N12O14Si. The summed E-state index contributed by atoms with van der Waals surface area (Å²) in [6.07, 6.45) is 4.23. The molecule has 4 N–H and O–H groups in total. The van der Waals surface area contributed by atoms with Crippen LogP contribution in [-0.4, -0.2) is 280 Å². The Morgan fingerprint density at radius 3 is 1.47 bits per heavy atom. The van der Waals surface area contributed by atoms with E-state index in [4.69, 9.17) is 13.9 Å². The minimum atomic E-state index is -2.60. The lowest BCUT2D eigenvalue weighted by atomic mass is 9.91. The molecule has 2 rings (SSSR count). The molecule has 2 aliphatic heterocycles. The fraction of sp³-hybridized carbons (Fsp3) is 0.819. The molecule has 0 spiro atoms. The van der Waals surface area contributed by atoms with Crippen LogP contribution in [0.3, 0.4) is 0 Å². The Bertz CT molecular complexity index is 2700. The highest BCUT2D eigenvalue weighted by atomic mass is 28.4. The van der Waals surface area contributed by atoms with Gasteiger partial charge in [0, 0.05) is 69.0 Å². The van der Waals surface area contributed by atoms with Gasteiger partial charge in [0.1, 0.15) is 66.5 Å². The molecule has 14 atom stereocenters. The van der Waals surface area contributed by atoms with Crippen LogP contribution in [-0.2, 0) is 66.6 Å². The van der Waals surface area contributed by atoms with Gasteiger partial charge in [-0.25, -0.2) is 0 Å². The molecule has 0 aliphatic carbocycles. The maximum Gasteiger partial charge on any atom is 0.246 e. The van der Waals surface area contributed by atoms with E-state index in [1.54, 1.807) is 41.5 Å². The van der Waals surface area contributed by atoms with Crippen molar-refractivity contribution in [3.63, 3.8) is 0 Å². The Balaban J connectivity index is 3.10. The number of allylic oxidation sites excluding steroid dienone is 2. The Labute approximate surface area is 595 Å². The molecule has 0 saturated carbocycles. The van der Waals surface area contributed by atoms with Crippen LogP contribution in [0.15, 0.2) is 12.2 Å². The average Bonchev–Trinajstić information content (AvgIpc) is 0.801. The van der Waals surface area contributed by atoms with Crippen molar-refractivity contribution < 1.29 is 66.6 Å². The fourth-order valence-corrected chi connectivity index (χ4v) is 14.1. The van der Waals surface area contributed by atoms with E-state index in [2.05, 4.69) is 26.2 Å². The maximum atomic E-state index is 15.7. The van der Waals surface area contributed by atoms with Crippen molar-refractivity contribution in [3.8, 4) is 0 Å². The molecular weight excluding hydrogens is 1280 g/mol. The fourth-order valence-electron chi connectivity index (χ4n) is 12.9. The largest absolute Gasteiger partial charge is 0.412 e. The Morgan fingerprint density at radius 2 is 0.980 bits per heavy atom. The minimum Gasteiger partial charge on any atom is -0.412 e. The first-order chi connectivity index (χ1) is 45.9. The summed E-state index contributed by atoms with van der Waals surface area (Å²) in [5.41, 5.74) is 0. The number of rotatable bonds is 22. The van der Waals surface area contributed by atoms with Crippen molar-refractivity contribution in [2.75, 3.05) is 88.8 Å². The number of unbranched alkanes of at least 4 members (excludes halogenated alkanes) is 1. The van der Waals surface area contributed by atoms with E-state index in [9.17, 15) is 19.2 Å². The van der Waals surface area contributed by atoms with Crippen molar-refractivity contribution in [3.05, 3.63) is 12.2 Å². The normalized spacial score (nSPS) is 27.1. The van der Waals surface area contributed by atoms with E-state index in [0.29, 0.717) is 26.1 Å². The Hall–Kier alpha value is -6.03. The third kappa shape index (κ3) is 26.1. The lowest BCUT2D eigenvalue weighted by Crippen LogP contribution is -2.65. The molecule has 2 fully saturated rings. The van der Waals surface area contributed by atoms with Crippen LogP contribution < -0.4 is 21.3 Å². The highest BCUT2D eigenvalue weighted by Gasteiger charge is 2.48. The van der Waals surface area contributed by atoms with Crippen molar-refractivity contribution in [1.82, 2.24) is 60.5 Å². The zero-order chi connectivity index (χ0) is 76.0. The molecule has 2 saturated heterocycles. The molecule has 0 unspecified atom stereocenters. The van der Waals surface area contributed by atoms with E-state index in [-0.39, 0.29) is 50.0 Å². The second-order valence-electron chi connectivity index (χ2n) is 30.7. The predicted molar refractivity (Wildman–Crippen MR) is 388 cm³/mol. The van der Waals surface area contributed by atoms with Crippen LogP contribution in [0.1, 0.15) is 163 Å². The van der Waals surface area contributed by atoms with Gasteiger partial charge in [0.25, 0.3) is 0 Å². The zero-order valence-corrected chi connectivity index (χ0v) is 66.6. The van der Waals surface area contributed by atoms with Gasteiger partial charge in [-0.05, 0) is 141 Å². The van der Waals surface area contributed by atoms with Crippen LogP contribution in [0.4, 0.5) is 0 Å². The second kappa shape index (κ2) is 41.2. The summed E-state index contributed by atoms with van der Waals surface area (Å²) >= 11 is 0. The van der Waals surface area contributed by atoms with Gasteiger partial charge in [0.2, 0.25) is 65.0 Å². The number of carbonyl (C=O) groups is 11. The van der Waals surface area contributed by atoms with Crippen molar-refractivity contribution >= 4 is 73.3 Å². The number of carbonyl (C=O) groups excluding carboxylic acids is 11. The van der Waals surface area contributed by atoms with Gasteiger partial charge >= 0.3 is 0 Å². The van der Waals surface area contributed by atoms with E-state index >= 15 is 33.6 Å². The summed E-state index contributed by atoms with van der Waals surface area (Å²) in [6, 6.07) is -13.8. The molecule has 11 amide bonds. The molecule has 27 heteroatoms. The average molecular weight is 1420 g/mol. The van der Waals surface area contributed by atoms with Crippen molar-refractivity contribution in [2.45, 2.75) is 261 Å². The molecule has 26 nitrogen and oxygen atoms in total. The summed E-state index contributed by atoms with van der Waals surface area (Å²) in [5.74, 6) is -9.27. The highest BCUT2D eigenvalue weighted by molar-refractivity contribution is 6.69. The molecule has 99 heavy (non-hydrogen) atoms. The van der Waals surface area contributed by atoms with E-state index in [1.165, 1.54) is 104 Å². The third-order valence-electron chi connectivity index (χ3n) is 19.0. The summed E-state index contributed by atoms with van der Waals surface area (Å²) < 4.78 is 18.9. The van der Waals surface area contributed by atoms with Crippen LogP contribution in [0.5, 0.6) is 0 Å². The van der Waals surface area contributed by atoms with Gasteiger partial charge < -0.3 is 69.5 Å². The highest BCUT2D eigenvalue weighted by Crippen LogP contribution is 2.29. The van der Waals surface area contributed by atoms with Gasteiger partial charge in [-0.2, -0.15) is 0 Å². The monoisotopic (exact) mass is 1420 g/mol. The summed E-state index contributed by atoms with van der Waals surface area (Å²) in [5, 5.41) is 11.3. The number of nitrogens with one attached hydrogen (secondary N) is 4. The van der Waals surface area contributed by atoms with E-state index in [0.717, 1.165) is 26.1 Å². The maximum absolute atomic E-state index is 15.7. The lowest BCUT2D eigenvalue weighted by molar-refractivity contribution is -0.157. The molecule has 568 valence electrons. The van der Waals surface area contributed by atoms with Crippen molar-refractivity contribution in [2.24, 2.45) is 35.5 Å². The molecule has 0 radical (unpaired) electrons. The number of hydrogen-bond acceptors (Lipinski definition) is 15. The van der Waals surface area contributed by atoms with Crippen molar-refractivity contribution in [1.29, 1.82) is 0 Å². The molecule has 2 heterocycles. The van der Waals surface area contributed by atoms with Gasteiger partial charge in [-0.15, -0.1) is 0 Å². The second-order valence-corrected chi connectivity index (χ2v) is 35.2. The van der Waals surface area contributed by atoms with Gasteiger partial charge in [0.05, 0.1) is 25.4 Å². The quantitative estimate of drug-likeness (QED) is 0.0631. The van der Waals surface area contributed by atoms with Gasteiger partial charge in [0.15, 0.2) is 8.32 Å². The summed E-state index contributed by atoms with van der Waals surface area (Å²) in [4.78, 5) is 177. The van der Waals surface area contributed by atoms with E-state index < -0.39 is 170 Å². The standard InChI is InChI=1S/C72H132N12O14Si/c1-28-30-33-48(13)61(98-99(25,26)27)60-65(88)75-53(29-2)68(91)77(18)51(16)67(90)82(23)59(52(17)97-37-32-31-34-84-35-38-96-39-36-84)64(87)76-57(46(9)10)71(94)78(19)54(40-43(3)4)63(86)73-49(14)62(85)74-50(15)66(89)79(20)55(41-44(5)6)69(92)80(21)56(42-45(7)8)70(93)81(22)58(47(11)12)72(95)83(60)24/h28,30,43-61H,29,31-42H2,1-27H3,(H,73,86)(H,74,85)(H,75,88)(H,76,87)/b30-28+/t48-,49+,50-,51-,52-,53+,54+,55+,56+,57+,58+,59+,60+,61-/m1/s1. The lowest BCUT2D eigenvalue weighted by Gasteiger charge is -2.43. The molecule has 0 aromatic heterocycles. The molecule has 0 bridgehead atoms. The third-order valence-corrected chi connectivity index (χ3v) is 20.0. The molecule has 2 aliphatic rings. The Kier molecular flexibility index (Phi) is 37.0. The first kappa shape index (κ1) is 89.1. The molecule has 0 aromatic carbocycles. The predicted octanol–water partition coefficient (Wildman–Crippen LogP) is 4.99. The van der Waals surface area contributed by atoms with Gasteiger partial charge in [-0.1, -0.05) is 95.2 Å². The van der Waals surface area contributed by atoms with Gasteiger partial charge in [-0.3, -0.25) is 57.6 Å². The molecule has 0 aromatic rings. The number of likely N-dealkylation sites (N-methyl/N-ethyl adjacent to an activating group) is 7. The van der Waals surface area contributed by atoms with Crippen LogP contribution in [0, 0.1) is 35.5 Å². The summed E-state index contributed by atoms with van der Waals surface area (Å²) in [7, 11) is 7.63. The number of hydrogen-bond donors (Lipinski definition) is 4. The Morgan fingerprint density at radius 1 is 0.505 bits per heavy atom. The zero-order valence-electron chi connectivity index (χ0n) is 65.6. The smallest absolute Gasteiger partial charge is 0.246 e. The number of amides is 11. The van der Waals surface area contributed by atoms with Crippen LogP contribution >= 0.6 is 0 Å². The topological polar surface area (TPSA) is 290 Å². The number of nitrogens with zero attached hydrogens (tertiary/aromatic N) is 8. The summed E-state index contributed by atoms with van der Waals surface area (Å²) in [6.45, 7) is 39.7. The minimum absolute atomic E-state index is 0.0360.